The van der Waals surface area contributed by atoms with E-state index in [0.29, 0.717) is 13.1 Å². The van der Waals surface area contributed by atoms with Crippen LogP contribution in [0.15, 0.2) is 23.5 Å². The Bertz CT molecular complexity index is 678. The molecule has 2 amide bonds. The van der Waals surface area contributed by atoms with Crippen molar-refractivity contribution in [3.8, 4) is 0 Å². The second kappa shape index (κ2) is 7.84. The molecule has 2 aliphatic rings. The van der Waals surface area contributed by atoms with Crippen molar-refractivity contribution in [2.24, 2.45) is 0 Å². The summed E-state index contributed by atoms with van der Waals surface area (Å²) in [4.78, 5) is 51.5. The Morgan fingerprint density at radius 2 is 1.04 bits per heavy atom. The molecule has 9 heteroatoms. The summed E-state index contributed by atoms with van der Waals surface area (Å²) >= 11 is 0. The fourth-order valence-electron chi connectivity index (χ4n) is 2.77. The minimum Gasteiger partial charge on any atom is -0.388 e. The van der Waals surface area contributed by atoms with Gasteiger partial charge >= 0.3 is 0 Å². The average molecular weight is 421 g/mol. The molecule has 2 aliphatic heterocycles. The molecule has 2 N–H and O–H groups in total. The van der Waals surface area contributed by atoms with Gasteiger partial charge in [0.25, 0.3) is 11.8 Å². The van der Waals surface area contributed by atoms with Crippen molar-refractivity contribution in [3.05, 3.63) is 23.5 Å². The summed E-state index contributed by atoms with van der Waals surface area (Å²) in [5.41, 5.74) is -1.43. The molecule has 27 heavy (non-hydrogen) atoms. The Kier molecular flexibility index (Phi) is 6.65. The minimum atomic E-state index is -0.838. The molecule has 0 aromatic heterocycles. The topological polar surface area (TPSA) is 98.8 Å². The number of nitrogens with zero attached hydrogens (tertiary/aromatic N) is 2. The quantitative estimate of drug-likeness (QED) is 0.271. The summed E-state index contributed by atoms with van der Waals surface area (Å²) in [6.07, 6.45) is 2.85. The third-order valence-electron chi connectivity index (χ3n) is 5.25. The van der Waals surface area contributed by atoms with Crippen molar-refractivity contribution in [2.75, 3.05) is 27.2 Å². The number of carbonyl (C=O) groups is 4. The van der Waals surface area contributed by atoms with E-state index < -0.39 is 11.1 Å². The third-order valence-corrected chi connectivity index (χ3v) is 5.25. The minimum absolute atomic E-state index is 0. The van der Waals surface area contributed by atoms with Crippen molar-refractivity contribution in [1.29, 1.82) is 0 Å². The molecule has 152 valence electrons. The number of hydrogen-bond donors (Lipinski definition) is 2. The number of likely N-dealkylation sites (tertiary alicyclic amines) is 2. The number of nitrogens with one attached hydrogen (secondary N) is 2. The summed E-state index contributed by atoms with van der Waals surface area (Å²) in [5, 5.41) is 5.83. The maximum Gasteiger partial charge on any atom is 0.259 e. The van der Waals surface area contributed by atoms with Gasteiger partial charge < -0.3 is 20.4 Å². The predicted molar refractivity (Wildman–Crippen MR) is 95.9 cm³/mol. The second-order valence-corrected chi connectivity index (χ2v) is 7.53. The number of rotatable bonds is 5. The molecular weight excluding hydrogens is 395 g/mol. The molecule has 0 saturated carbocycles. The Hall–Kier alpha value is -2.15. The second-order valence-electron chi connectivity index (χ2n) is 7.53. The molecule has 0 atom stereocenters. The summed E-state index contributed by atoms with van der Waals surface area (Å²) in [6, 6.07) is 0. The summed E-state index contributed by atoms with van der Waals surface area (Å²) in [5.74, 6) is -1.06. The van der Waals surface area contributed by atoms with Crippen LogP contribution in [0.3, 0.4) is 0 Å². The number of hydrogen-bond acceptors (Lipinski definition) is 6. The van der Waals surface area contributed by atoms with Crippen molar-refractivity contribution in [3.63, 3.8) is 0 Å². The first-order valence-electron chi connectivity index (χ1n) is 8.47. The van der Waals surface area contributed by atoms with E-state index in [-0.39, 0.29) is 51.0 Å². The van der Waals surface area contributed by atoms with Crippen LogP contribution in [0.25, 0.3) is 0 Å². The molecule has 0 aromatic carbocycles. The number of carbonyl (C=O) groups excluding carboxylic acids is 4. The molecule has 8 nitrogen and oxygen atoms in total. The van der Waals surface area contributed by atoms with Crippen LogP contribution in [0.1, 0.15) is 27.7 Å². The van der Waals surface area contributed by atoms with Gasteiger partial charge in [-0.3, -0.25) is 19.2 Å². The third kappa shape index (κ3) is 3.79. The van der Waals surface area contributed by atoms with Crippen molar-refractivity contribution in [2.45, 2.75) is 38.8 Å². The predicted octanol–water partition coefficient (Wildman–Crippen LogP) is -0.430. The van der Waals surface area contributed by atoms with Crippen LogP contribution < -0.4 is 10.6 Å². The molecule has 0 spiro atoms. The summed E-state index contributed by atoms with van der Waals surface area (Å²) in [6.45, 7) is 7.65. The fraction of sp³-hybridized carbons (Fsp3) is 0.556. The van der Waals surface area contributed by atoms with Crippen LogP contribution in [-0.4, -0.2) is 71.4 Å². The standard InChI is InChI=1S/C18H26N4O4.Ni/c1-17(2)13(23)11(15(25)21(17)5)9-19-7-8-20-10-12-14(24)18(3,4)22(6)16(12)26;/h9-10,19-20H,7-8H2,1-6H3;/b11-9-,12-10-;. The number of likely N-dealkylation sites (N-methyl/N-ethyl adjacent to an activating group) is 2. The zero-order valence-electron chi connectivity index (χ0n) is 16.4. The van der Waals surface area contributed by atoms with E-state index >= 15 is 0 Å². The van der Waals surface area contributed by atoms with Crippen LogP contribution in [0.5, 0.6) is 0 Å². The normalized spacial score (nSPS) is 24.1. The van der Waals surface area contributed by atoms with Gasteiger partial charge in [0, 0.05) is 56.1 Å². The van der Waals surface area contributed by atoms with E-state index in [0.717, 1.165) is 0 Å². The zero-order chi connectivity index (χ0) is 19.9. The van der Waals surface area contributed by atoms with E-state index in [2.05, 4.69) is 10.6 Å². The largest absolute Gasteiger partial charge is 0.388 e. The van der Waals surface area contributed by atoms with Gasteiger partial charge in [0.1, 0.15) is 22.2 Å². The molecule has 0 aliphatic carbocycles. The molecule has 2 fully saturated rings. The van der Waals surface area contributed by atoms with Gasteiger partial charge in [-0.05, 0) is 27.7 Å². The molecular formula is C18H26N4NiO4. The van der Waals surface area contributed by atoms with Crippen molar-refractivity contribution < 1.29 is 35.7 Å². The zero-order valence-corrected chi connectivity index (χ0v) is 17.4. The van der Waals surface area contributed by atoms with Crippen LogP contribution in [0, 0.1) is 0 Å². The Balaban J connectivity index is 0.00000364. The van der Waals surface area contributed by atoms with Gasteiger partial charge in [-0.25, -0.2) is 0 Å². The van der Waals surface area contributed by atoms with E-state index in [1.54, 1.807) is 41.8 Å². The van der Waals surface area contributed by atoms with Crippen LogP contribution in [0.4, 0.5) is 0 Å². The van der Waals surface area contributed by atoms with E-state index in [4.69, 9.17) is 0 Å². The SMILES string of the molecule is CN1C(=O)/C(=C\NCCN/C=C2\C(=O)N(C)C(C)(C)C2=O)C(=O)C1(C)C.[Ni]. The Labute approximate surface area is 169 Å². The molecule has 2 heterocycles. The first-order chi connectivity index (χ1) is 11.9. The smallest absolute Gasteiger partial charge is 0.259 e. The molecule has 0 aromatic rings. The molecule has 0 unspecified atom stereocenters. The molecule has 2 rings (SSSR count). The number of amides is 2. The molecule has 0 radical (unpaired) electrons. The first kappa shape index (κ1) is 22.9. The van der Waals surface area contributed by atoms with E-state index in [9.17, 15) is 19.2 Å². The maximum atomic E-state index is 12.2. The first-order valence-corrected chi connectivity index (χ1v) is 8.47. The Morgan fingerprint density at radius 1 is 0.741 bits per heavy atom. The van der Waals surface area contributed by atoms with Gasteiger partial charge in [-0.15, -0.1) is 0 Å². The van der Waals surface area contributed by atoms with Crippen molar-refractivity contribution in [1.82, 2.24) is 20.4 Å². The summed E-state index contributed by atoms with van der Waals surface area (Å²) < 4.78 is 0. The van der Waals surface area contributed by atoms with Gasteiger partial charge in [-0.1, -0.05) is 0 Å². The monoisotopic (exact) mass is 420 g/mol. The van der Waals surface area contributed by atoms with Crippen LogP contribution >= 0.6 is 0 Å². The maximum absolute atomic E-state index is 12.2. The van der Waals surface area contributed by atoms with E-state index in [1.807, 2.05) is 0 Å². The van der Waals surface area contributed by atoms with Gasteiger partial charge in [0.05, 0.1) is 0 Å². The molecule has 0 bridgehead atoms. The Morgan fingerprint density at radius 3 is 1.26 bits per heavy atom. The van der Waals surface area contributed by atoms with E-state index in [1.165, 1.54) is 22.2 Å². The van der Waals surface area contributed by atoms with Gasteiger partial charge in [-0.2, -0.15) is 0 Å². The van der Waals surface area contributed by atoms with Crippen LogP contribution in [0.2, 0.25) is 0 Å². The number of Topliss-reactive ketones (excluding diaryl/α,β-unsaturated/α-hetero) is 2. The van der Waals surface area contributed by atoms with Gasteiger partial charge in [0.2, 0.25) is 0 Å². The van der Waals surface area contributed by atoms with Crippen molar-refractivity contribution >= 4 is 23.4 Å². The molecule has 2 saturated heterocycles. The van der Waals surface area contributed by atoms with Gasteiger partial charge in [0.15, 0.2) is 11.6 Å². The number of ketones is 2. The average Bonchev–Trinajstić information content (AvgIpc) is 2.82. The fourth-order valence-corrected chi connectivity index (χ4v) is 2.77. The summed E-state index contributed by atoms with van der Waals surface area (Å²) in [7, 11) is 3.20. The van der Waals surface area contributed by atoms with Crippen LogP contribution in [-0.2, 0) is 35.7 Å².